The van der Waals surface area contributed by atoms with E-state index in [0.717, 1.165) is 29.6 Å². The molecule has 2 aromatic heterocycles. The molecular formula is C19H20ClN5O2. The van der Waals surface area contributed by atoms with E-state index in [1.807, 2.05) is 29.3 Å². The minimum atomic E-state index is -0.179. The lowest BCUT2D eigenvalue weighted by Gasteiger charge is -2.26. The standard InChI is InChI=1S/C19H20ClN5O2/c20-15-1-2-17-16(9-15)13(10-22-17)3-4-21-18(26)14-11-23-19(24-12-14)25-5-7-27-8-6-25/h1-2,9-12,22H,3-8H2,(H,21,26). The van der Waals surface area contributed by atoms with Crippen molar-refractivity contribution in [1.82, 2.24) is 20.3 Å². The molecule has 1 aromatic carbocycles. The van der Waals surface area contributed by atoms with Gasteiger partial charge in [0.2, 0.25) is 5.95 Å². The number of ether oxygens (including phenoxy) is 1. The molecule has 1 amide bonds. The van der Waals surface area contributed by atoms with Crippen LogP contribution in [0.3, 0.4) is 0 Å². The number of fused-ring (bicyclic) bond motifs is 1. The molecule has 2 N–H and O–H groups in total. The first-order valence-electron chi connectivity index (χ1n) is 8.89. The number of aromatic amines is 1. The van der Waals surface area contributed by atoms with Crippen LogP contribution in [0, 0.1) is 0 Å². The van der Waals surface area contributed by atoms with Gasteiger partial charge in [-0.2, -0.15) is 0 Å². The van der Waals surface area contributed by atoms with Gasteiger partial charge in [0.15, 0.2) is 0 Å². The molecule has 0 unspecified atom stereocenters. The number of carbonyl (C=O) groups excluding carboxylic acids is 1. The van der Waals surface area contributed by atoms with Crippen molar-refractivity contribution in [2.24, 2.45) is 0 Å². The van der Waals surface area contributed by atoms with Crippen LogP contribution in [-0.4, -0.2) is 53.7 Å². The topological polar surface area (TPSA) is 83.1 Å². The highest BCUT2D eigenvalue weighted by Gasteiger charge is 2.14. The number of amides is 1. The molecule has 0 atom stereocenters. The average molecular weight is 386 g/mol. The Morgan fingerprint density at radius 3 is 2.81 bits per heavy atom. The Morgan fingerprint density at radius 2 is 2.04 bits per heavy atom. The maximum Gasteiger partial charge on any atom is 0.254 e. The molecule has 4 rings (SSSR count). The molecule has 0 spiro atoms. The van der Waals surface area contributed by atoms with E-state index in [-0.39, 0.29) is 5.91 Å². The number of H-pyrrole nitrogens is 1. The summed E-state index contributed by atoms with van der Waals surface area (Å²) in [7, 11) is 0. The molecule has 0 saturated carbocycles. The second-order valence-corrected chi connectivity index (χ2v) is 6.82. The van der Waals surface area contributed by atoms with Crippen LogP contribution in [0.25, 0.3) is 10.9 Å². The van der Waals surface area contributed by atoms with Crippen LogP contribution in [0.1, 0.15) is 15.9 Å². The molecule has 0 bridgehead atoms. The van der Waals surface area contributed by atoms with Crippen LogP contribution in [-0.2, 0) is 11.2 Å². The summed E-state index contributed by atoms with van der Waals surface area (Å²) in [4.78, 5) is 26.2. The Bertz CT molecular complexity index is 935. The van der Waals surface area contributed by atoms with Gasteiger partial charge in [-0.3, -0.25) is 4.79 Å². The number of nitrogens with zero attached hydrogens (tertiary/aromatic N) is 3. The van der Waals surface area contributed by atoms with Crippen molar-refractivity contribution in [2.45, 2.75) is 6.42 Å². The van der Waals surface area contributed by atoms with Crippen molar-refractivity contribution in [1.29, 1.82) is 0 Å². The molecule has 7 nitrogen and oxygen atoms in total. The van der Waals surface area contributed by atoms with Crippen LogP contribution in [0.4, 0.5) is 5.95 Å². The average Bonchev–Trinajstić information content (AvgIpc) is 3.11. The first-order chi connectivity index (χ1) is 13.2. The predicted molar refractivity (Wildman–Crippen MR) is 104 cm³/mol. The molecule has 27 heavy (non-hydrogen) atoms. The number of nitrogens with one attached hydrogen (secondary N) is 2. The first-order valence-corrected chi connectivity index (χ1v) is 9.27. The molecule has 0 radical (unpaired) electrons. The second kappa shape index (κ2) is 7.94. The molecule has 3 aromatic rings. The van der Waals surface area contributed by atoms with Crippen LogP contribution in [0.15, 0.2) is 36.8 Å². The SMILES string of the molecule is O=C(NCCc1c[nH]c2ccc(Cl)cc12)c1cnc(N2CCOCC2)nc1. The van der Waals surface area contributed by atoms with E-state index in [2.05, 4.69) is 20.3 Å². The quantitative estimate of drug-likeness (QED) is 0.704. The van der Waals surface area contributed by atoms with Gasteiger partial charge in [-0.15, -0.1) is 0 Å². The molecule has 140 valence electrons. The Labute approximate surface area is 161 Å². The smallest absolute Gasteiger partial charge is 0.254 e. The fraction of sp³-hybridized carbons (Fsp3) is 0.316. The van der Waals surface area contributed by atoms with Gasteiger partial charge in [0.1, 0.15) is 0 Å². The lowest BCUT2D eigenvalue weighted by molar-refractivity contribution is 0.0953. The van der Waals surface area contributed by atoms with E-state index in [1.165, 1.54) is 0 Å². The highest BCUT2D eigenvalue weighted by atomic mass is 35.5. The summed E-state index contributed by atoms with van der Waals surface area (Å²) >= 11 is 6.07. The summed E-state index contributed by atoms with van der Waals surface area (Å²) in [5.74, 6) is 0.451. The fourth-order valence-electron chi connectivity index (χ4n) is 3.14. The molecule has 0 aliphatic carbocycles. The molecular weight excluding hydrogens is 366 g/mol. The number of hydrogen-bond donors (Lipinski definition) is 2. The number of hydrogen-bond acceptors (Lipinski definition) is 5. The largest absolute Gasteiger partial charge is 0.378 e. The Kier molecular flexibility index (Phi) is 5.22. The van der Waals surface area contributed by atoms with Gasteiger partial charge in [0, 0.05) is 54.2 Å². The summed E-state index contributed by atoms with van der Waals surface area (Å²) in [5, 5.41) is 4.69. The zero-order chi connectivity index (χ0) is 18.6. The van der Waals surface area contributed by atoms with E-state index < -0.39 is 0 Å². The molecule has 8 heteroatoms. The molecule has 1 saturated heterocycles. The minimum Gasteiger partial charge on any atom is -0.378 e. The van der Waals surface area contributed by atoms with Gasteiger partial charge in [-0.1, -0.05) is 11.6 Å². The van der Waals surface area contributed by atoms with Crippen molar-refractivity contribution in [3.63, 3.8) is 0 Å². The van der Waals surface area contributed by atoms with Crippen molar-refractivity contribution in [2.75, 3.05) is 37.7 Å². The summed E-state index contributed by atoms with van der Waals surface area (Å²) in [6, 6.07) is 5.74. The summed E-state index contributed by atoms with van der Waals surface area (Å²) in [6.45, 7) is 3.39. The highest BCUT2D eigenvalue weighted by molar-refractivity contribution is 6.31. The Hall–Kier alpha value is -2.64. The normalized spacial score (nSPS) is 14.5. The maximum atomic E-state index is 12.3. The third-order valence-electron chi connectivity index (χ3n) is 4.60. The van der Waals surface area contributed by atoms with E-state index in [1.54, 1.807) is 12.4 Å². The number of benzene rings is 1. The third-order valence-corrected chi connectivity index (χ3v) is 4.84. The minimum absolute atomic E-state index is 0.179. The third kappa shape index (κ3) is 4.04. The van der Waals surface area contributed by atoms with Crippen molar-refractivity contribution in [3.05, 3.63) is 52.9 Å². The monoisotopic (exact) mass is 385 g/mol. The van der Waals surface area contributed by atoms with Gasteiger partial charge in [-0.25, -0.2) is 9.97 Å². The lowest BCUT2D eigenvalue weighted by Crippen LogP contribution is -2.37. The van der Waals surface area contributed by atoms with Gasteiger partial charge >= 0.3 is 0 Å². The van der Waals surface area contributed by atoms with Crippen LogP contribution in [0.2, 0.25) is 5.02 Å². The molecule has 1 fully saturated rings. The number of aromatic nitrogens is 3. The Balaban J connectivity index is 1.34. The van der Waals surface area contributed by atoms with Crippen molar-refractivity contribution >= 4 is 34.4 Å². The van der Waals surface area contributed by atoms with E-state index in [0.29, 0.717) is 42.7 Å². The van der Waals surface area contributed by atoms with Crippen molar-refractivity contribution < 1.29 is 9.53 Å². The van der Waals surface area contributed by atoms with E-state index in [4.69, 9.17) is 16.3 Å². The van der Waals surface area contributed by atoms with Crippen LogP contribution in [0.5, 0.6) is 0 Å². The first kappa shape index (κ1) is 17.8. The van der Waals surface area contributed by atoms with Gasteiger partial charge in [0.25, 0.3) is 5.91 Å². The number of morpholine rings is 1. The number of anilines is 1. The summed E-state index contributed by atoms with van der Waals surface area (Å²) < 4.78 is 5.32. The van der Waals surface area contributed by atoms with E-state index >= 15 is 0 Å². The zero-order valence-corrected chi connectivity index (χ0v) is 15.5. The number of halogens is 1. The Morgan fingerprint density at radius 1 is 1.26 bits per heavy atom. The van der Waals surface area contributed by atoms with Crippen LogP contribution < -0.4 is 10.2 Å². The molecule has 1 aliphatic rings. The highest BCUT2D eigenvalue weighted by Crippen LogP contribution is 2.22. The summed E-state index contributed by atoms with van der Waals surface area (Å²) in [5.41, 5.74) is 2.61. The predicted octanol–water partition coefficient (Wildman–Crippen LogP) is 2.42. The van der Waals surface area contributed by atoms with Crippen molar-refractivity contribution in [3.8, 4) is 0 Å². The van der Waals surface area contributed by atoms with Gasteiger partial charge in [0.05, 0.1) is 18.8 Å². The summed E-state index contributed by atoms with van der Waals surface area (Å²) in [6.07, 6.45) is 5.80. The second-order valence-electron chi connectivity index (χ2n) is 6.38. The van der Waals surface area contributed by atoms with E-state index in [9.17, 15) is 4.79 Å². The van der Waals surface area contributed by atoms with Gasteiger partial charge < -0.3 is 19.9 Å². The zero-order valence-electron chi connectivity index (χ0n) is 14.7. The van der Waals surface area contributed by atoms with Crippen LogP contribution >= 0.6 is 11.6 Å². The maximum absolute atomic E-state index is 12.3. The lowest BCUT2D eigenvalue weighted by atomic mass is 10.1. The molecule has 3 heterocycles. The fourth-order valence-corrected chi connectivity index (χ4v) is 3.31. The molecule has 1 aliphatic heterocycles. The number of carbonyl (C=O) groups is 1. The van der Waals surface area contributed by atoms with Gasteiger partial charge in [-0.05, 0) is 30.2 Å². The number of rotatable bonds is 5.